The van der Waals surface area contributed by atoms with Crippen molar-refractivity contribution in [2.45, 2.75) is 699 Å². The fourth-order valence-electron chi connectivity index (χ4n) is 21.7. The van der Waals surface area contributed by atoms with E-state index in [1.54, 1.807) is 0 Å². The minimum atomic E-state index is -4.45. The Balaban J connectivity index is 10.0. The zero-order valence-electron chi connectivity index (χ0n) is 85.7. The SMILES string of the molecule is CCCCCCCCCC(CCCCCCC)CC(C)(CC(CCCCCCC)CCCCCCCCC)OP(=O)(OC(C)(CC(CCCCCCC)CCCCCCCCC)CC(CCCCCCC)CCCCCCCCC)OC(C)(CC(CCCCCCC)CCCCCCCCC)CC(CCCCCCC)CCCCCCCCC. The van der Waals surface area contributed by atoms with Crippen LogP contribution in [0.4, 0.5) is 0 Å². The van der Waals surface area contributed by atoms with Gasteiger partial charge in [0.1, 0.15) is 0 Å². The predicted octanol–water partition coefficient (Wildman–Crippen LogP) is 43.5. The average molecular weight is 1700 g/mol. The molecule has 6 unspecified atom stereocenters. The lowest BCUT2D eigenvalue weighted by atomic mass is 9.78. The highest BCUT2D eigenvalue weighted by molar-refractivity contribution is 7.48. The van der Waals surface area contributed by atoms with E-state index in [4.69, 9.17) is 13.6 Å². The third kappa shape index (κ3) is 76.7. The van der Waals surface area contributed by atoms with Gasteiger partial charge in [-0.25, -0.2) is 4.57 Å². The maximum atomic E-state index is 19.2. The molecule has 0 heterocycles. The first-order valence-corrected chi connectivity index (χ1v) is 58.3. The summed E-state index contributed by atoms with van der Waals surface area (Å²) in [5, 5.41) is 0. The smallest absolute Gasteiger partial charge is 0.280 e. The topological polar surface area (TPSA) is 44.8 Å². The standard InChI is InChI=1S/C114H231O4P/c1-16-28-40-52-58-70-82-94-106(88-76-64-46-34-22-7)100-112(13,101-107(89-77-65-47-35-23-8)95-83-71-59-53-41-29-17-2)116-119(115,117-113(14,102-108(90-78-66-48-36-24-9)96-84-72-60-54-42-30-18-3)103-109(91-79-67-49-37-25-10)97-85-73-61-55-43-31-19-4)118-114(15,104-110(92-80-68-50-38-26-11)98-86-74-62-56-44-32-20-5)105-111(93-81-69-51-39-27-12)99-87-75-63-57-45-33-21-6/h106-111H,16-105H2,1-15H3. The third-order valence-corrected chi connectivity index (χ3v) is 30.9. The molecule has 716 valence electrons. The van der Waals surface area contributed by atoms with Gasteiger partial charge in [0.2, 0.25) is 0 Å². The number of hydrogen-bond acceptors (Lipinski definition) is 4. The molecule has 0 saturated heterocycles. The second kappa shape index (κ2) is 88.7. The van der Waals surface area contributed by atoms with E-state index in [1.807, 2.05) is 0 Å². The van der Waals surface area contributed by atoms with Crippen molar-refractivity contribution in [3.05, 3.63) is 0 Å². The van der Waals surface area contributed by atoms with Gasteiger partial charge >= 0.3 is 7.82 Å². The summed E-state index contributed by atoms with van der Waals surface area (Å²) >= 11 is 0. The van der Waals surface area contributed by atoms with Gasteiger partial charge in [0.05, 0.1) is 16.8 Å². The lowest BCUT2D eigenvalue weighted by Crippen LogP contribution is -2.41. The number of rotatable bonds is 102. The summed E-state index contributed by atoms with van der Waals surface area (Å²) in [6, 6.07) is 0. The molecule has 5 heteroatoms. The minimum Gasteiger partial charge on any atom is -0.280 e. The molecule has 4 nitrogen and oxygen atoms in total. The molecule has 0 aliphatic heterocycles. The molecule has 6 atom stereocenters. The molecule has 0 saturated carbocycles. The largest absolute Gasteiger partial charge is 0.476 e. The fraction of sp³-hybridized carbons (Fsp3) is 1.00. The zero-order valence-corrected chi connectivity index (χ0v) is 86.6. The summed E-state index contributed by atoms with van der Waals surface area (Å²) in [6.45, 7) is 36.3. The molecule has 0 aromatic carbocycles. The van der Waals surface area contributed by atoms with Crippen molar-refractivity contribution in [1.29, 1.82) is 0 Å². The first kappa shape index (κ1) is 119. The molecule has 0 fully saturated rings. The molecule has 0 rings (SSSR count). The first-order valence-electron chi connectivity index (χ1n) is 56.8. The van der Waals surface area contributed by atoms with Gasteiger partial charge in [0, 0.05) is 0 Å². The third-order valence-electron chi connectivity index (χ3n) is 28.9. The van der Waals surface area contributed by atoms with Gasteiger partial charge in [-0.2, -0.15) is 0 Å². The van der Waals surface area contributed by atoms with Gasteiger partial charge in [-0.1, -0.05) is 622 Å². The van der Waals surface area contributed by atoms with E-state index < -0.39 is 24.6 Å². The lowest BCUT2D eigenvalue weighted by molar-refractivity contribution is -0.0886. The summed E-state index contributed by atoms with van der Waals surface area (Å²) < 4.78 is 45.1. The van der Waals surface area contributed by atoms with Crippen molar-refractivity contribution in [3.63, 3.8) is 0 Å². The molecule has 0 aliphatic rings. The van der Waals surface area contributed by atoms with Gasteiger partial charge in [0.15, 0.2) is 0 Å². The van der Waals surface area contributed by atoms with E-state index in [0.29, 0.717) is 35.5 Å². The normalized spacial score (nSPS) is 15.7. The summed E-state index contributed by atoms with van der Waals surface area (Å²) in [7, 11) is -4.45. The molecular weight excluding hydrogens is 1460 g/mol. The Labute approximate surface area is 755 Å². The Hall–Kier alpha value is 0.110. The monoisotopic (exact) mass is 1700 g/mol. The first-order chi connectivity index (χ1) is 58.1. The Bertz CT molecular complexity index is 1670. The summed E-state index contributed by atoms with van der Waals surface area (Å²) in [6.07, 6.45) is 117. The van der Waals surface area contributed by atoms with Crippen LogP contribution in [0.3, 0.4) is 0 Å². The van der Waals surface area contributed by atoms with Crippen LogP contribution in [0.25, 0.3) is 0 Å². The van der Waals surface area contributed by atoms with E-state index >= 15 is 4.57 Å². The minimum absolute atomic E-state index is 0.517. The van der Waals surface area contributed by atoms with Gasteiger partial charge in [-0.3, -0.25) is 13.6 Å². The molecule has 0 aromatic heterocycles. The van der Waals surface area contributed by atoms with E-state index in [0.717, 1.165) is 38.5 Å². The van der Waals surface area contributed by atoms with Crippen molar-refractivity contribution in [2.24, 2.45) is 35.5 Å². The van der Waals surface area contributed by atoms with Crippen LogP contribution in [-0.4, -0.2) is 16.8 Å². The summed E-state index contributed by atoms with van der Waals surface area (Å²) in [5.41, 5.74) is -2.04. The fourth-order valence-corrected chi connectivity index (χ4v) is 23.8. The second-order valence-electron chi connectivity index (χ2n) is 42.2. The van der Waals surface area contributed by atoms with E-state index in [1.165, 1.54) is 539 Å². The summed E-state index contributed by atoms with van der Waals surface area (Å²) in [4.78, 5) is 0. The van der Waals surface area contributed by atoms with Gasteiger partial charge in [0.25, 0.3) is 0 Å². The number of hydrogen-bond donors (Lipinski definition) is 0. The van der Waals surface area contributed by atoms with Gasteiger partial charge in [-0.15, -0.1) is 0 Å². The van der Waals surface area contributed by atoms with Crippen molar-refractivity contribution < 1.29 is 18.1 Å². The van der Waals surface area contributed by atoms with Crippen LogP contribution in [0.1, 0.15) is 682 Å². The molecule has 0 amide bonds. The molecule has 0 bridgehead atoms. The van der Waals surface area contributed by atoms with Crippen LogP contribution in [0, 0.1) is 35.5 Å². The van der Waals surface area contributed by atoms with Crippen molar-refractivity contribution in [2.75, 3.05) is 0 Å². The van der Waals surface area contributed by atoms with E-state index in [9.17, 15) is 0 Å². The Morgan fingerprint density at radius 2 is 0.235 bits per heavy atom. The van der Waals surface area contributed by atoms with Crippen molar-refractivity contribution in [3.8, 4) is 0 Å². The number of phosphoric acid groups is 1. The van der Waals surface area contributed by atoms with Crippen LogP contribution in [0.2, 0.25) is 0 Å². The average Bonchev–Trinajstić information content (AvgIpc) is 0.776. The summed E-state index contributed by atoms with van der Waals surface area (Å²) in [5.74, 6) is 3.10. The highest BCUT2D eigenvalue weighted by Gasteiger charge is 2.50. The molecular formula is C114H231O4P. The van der Waals surface area contributed by atoms with Crippen molar-refractivity contribution >= 4 is 7.82 Å². The van der Waals surface area contributed by atoms with Crippen LogP contribution in [0.15, 0.2) is 0 Å². The highest BCUT2D eigenvalue weighted by atomic mass is 31.2. The second-order valence-corrected chi connectivity index (χ2v) is 43.6. The lowest BCUT2D eigenvalue weighted by Gasteiger charge is -2.45. The molecule has 0 N–H and O–H groups in total. The molecule has 0 aromatic rings. The number of phosphoric ester groups is 1. The van der Waals surface area contributed by atoms with Crippen LogP contribution in [0.5, 0.6) is 0 Å². The molecule has 0 aliphatic carbocycles. The predicted molar refractivity (Wildman–Crippen MR) is 541 cm³/mol. The van der Waals surface area contributed by atoms with E-state index in [-0.39, 0.29) is 0 Å². The Kier molecular flexibility index (Phi) is 88.8. The van der Waals surface area contributed by atoms with Crippen LogP contribution < -0.4 is 0 Å². The van der Waals surface area contributed by atoms with Gasteiger partial charge < -0.3 is 0 Å². The maximum absolute atomic E-state index is 19.2. The van der Waals surface area contributed by atoms with Crippen LogP contribution in [-0.2, 0) is 18.1 Å². The Morgan fingerprint density at radius 3 is 0.328 bits per heavy atom. The van der Waals surface area contributed by atoms with Crippen LogP contribution >= 0.6 is 7.82 Å². The quantitative estimate of drug-likeness (QED) is 0.0450. The molecule has 119 heavy (non-hydrogen) atoms. The highest BCUT2D eigenvalue weighted by Crippen LogP contribution is 2.63. The zero-order chi connectivity index (χ0) is 87.2. The molecule has 0 spiro atoms. The maximum Gasteiger partial charge on any atom is 0.476 e. The van der Waals surface area contributed by atoms with Crippen molar-refractivity contribution in [1.82, 2.24) is 0 Å². The molecule has 0 radical (unpaired) electrons. The van der Waals surface area contributed by atoms with E-state index in [2.05, 4.69) is 104 Å². The Morgan fingerprint density at radius 1 is 0.151 bits per heavy atom. The number of unbranched alkanes of at least 4 members (excludes halogenated alkanes) is 60. The van der Waals surface area contributed by atoms with Gasteiger partial charge in [-0.05, 0) is 94.8 Å².